The average Bonchev–Trinajstić information content (AvgIpc) is 3.32. The lowest BCUT2D eigenvalue weighted by Crippen LogP contribution is -2.44. The first kappa shape index (κ1) is 22.3. The van der Waals surface area contributed by atoms with Gasteiger partial charge in [-0.2, -0.15) is 0 Å². The van der Waals surface area contributed by atoms with Crippen LogP contribution in [0.5, 0.6) is 23.0 Å². The minimum absolute atomic E-state index is 0.000233. The van der Waals surface area contributed by atoms with Crippen molar-refractivity contribution in [2.24, 2.45) is 0 Å². The summed E-state index contributed by atoms with van der Waals surface area (Å²) < 4.78 is 22.2. The van der Waals surface area contributed by atoms with Gasteiger partial charge in [-0.3, -0.25) is 4.79 Å². The first-order valence-electron chi connectivity index (χ1n) is 11.4. The lowest BCUT2D eigenvalue weighted by atomic mass is 10.0. The van der Waals surface area contributed by atoms with E-state index in [1.54, 1.807) is 7.11 Å². The topological polar surface area (TPSA) is 69.3 Å². The van der Waals surface area contributed by atoms with Crippen LogP contribution >= 0.6 is 0 Å². The van der Waals surface area contributed by atoms with E-state index < -0.39 is 0 Å². The zero-order chi connectivity index (χ0) is 22.2. The van der Waals surface area contributed by atoms with Gasteiger partial charge in [-0.15, -0.1) is 0 Å². The van der Waals surface area contributed by atoms with Gasteiger partial charge in [-0.05, 0) is 74.3 Å². The molecule has 0 spiro atoms. The number of carbonyl (C=O) groups is 1. The Morgan fingerprint density at radius 2 is 1.75 bits per heavy atom. The smallest absolute Gasteiger partial charge is 0.223 e. The minimum Gasteiger partial charge on any atom is -0.497 e. The molecule has 172 valence electrons. The van der Waals surface area contributed by atoms with Crippen molar-refractivity contribution in [1.29, 1.82) is 0 Å². The van der Waals surface area contributed by atoms with E-state index in [9.17, 15) is 4.79 Å². The van der Waals surface area contributed by atoms with Crippen LogP contribution in [0.2, 0.25) is 0 Å². The largest absolute Gasteiger partial charge is 0.497 e. The van der Waals surface area contributed by atoms with Crippen LogP contribution in [0.15, 0.2) is 42.5 Å². The monoisotopic (exact) mass is 440 g/mol. The van der Waals surface area contributed by atoms with E-state index in [-0.39, 0.29) is 11.9 Å². The second kappa shape index (κ2) is 11.1. The number of benzene rings is 2. The predicted octanol–water partition coefficient (Wildman–Crippen LogP) is 3.06. The van der Waals surface area contributed by atoms with E-state index in [2.05, 4.69) is 16.3 Å². The highest BCUT2D eigenvalue weighted by molar-refractivity contribution is 5.76. The normalized spacial score (nSPS) is 16.4. The fraction of sp³-hybridized carbons (Fsp3) is 0.480. The van der Waals surface area contributed by atoms with Gasteiger partial charge in [0.15, 0.2) is 11.5 Å². The Morgan fingerprint density at radius 1 is 1.03 bits per heavy atom. The summed E-state index contributed by atoms with van der Waals surface area (Å²) >= 11 is 0. The van der Waals surface area contributed by atoms with Crippen molar-refractivity contribution in [2.45, 2.75) is 31.7 Å². The highest BCUT2D eigenvalue weighted by atomic mass is 16.6. The highest BCUT2D eigenvalue weighted by Gasteiger charge is 2.21. The number of carbonyl (C=O) groups excluding carboxylic acids is 1. The Hall–Kier alpha value is -2.93. The summed E-state index contributed by atoms with van der Waals surface area (Å²) in [6.07, 6.45) is 3.50. The molecule has 0 unspecified atom stereocenters. The van der Waals surface area contributed by atoms with Gasteiger partial charge >= 0.3 is 0 Å². The first-order valence-corrected chi connectivity index (χ1v) is 11.4. The van der Waals surface area contributed by atoms with Gasteiger partial charge < -0.3 is 29.2 Å². The van der Waals surface area contributed by atoms with Gasteiger partial charge in [0.05, 0.1) is 20.1 Å². The maximum absolute atomic E-state index is 12.7. The molecule has 1 fully saturated rings. The molecule has 0 aromatic heterocycles. The van der Waals surface area contributed by atoms with Crippen LogP contribution in [0, 0.1) is 0 Å². The van der Waals surface area contributed by atoms with Crippen LogP contribution in [0.4, 0.5) is 0 Å². The Morgan fingerprint density at radius 3 is 2.50 bits per heavy atom. The molecule has 0 bridgehead atoms. The molecule has 0 radical (unpaired) electrons. The van der Waals surface area contributed by atoms with Gasteiger partial charge in [0.25, 0.3) is 0 Å². The molecular formula is C25H32N2O5. The molecule has 2 heterocycles. The van der Waals surface area contributed by atoms with E-state index in [4.69, 9.17) is 18.9 Å². The number of likely N-dealkylation sites (tertiary alicyclic amines) is 1. The fourth-order valence-corrected chi connectivity index (χ4v) is 4.17. The van der Waals surface area contributed by atoms with Gasteiger partial charge in [0.1, 0.15) is 24.7 Å². The summed E-state index contributed by atoms with van der Waals surface area (Å²) in [7, 11) is 1.63. The Balaban J connectivity index is 1.31. The first-order chi connectivity index (χ1) is 15.7. The van der Waals surface area contributed by atoms with Crippen molar-refractivity contribution < 1.29 is 23.7 Å². The minimum atomic E-state index is 0.000233. The van der Waals surface area contributed by atoms with E-state index >= 15 is 0 Å². The number of rotatable bonds is 10. The summed E-state index contributed by atoms with van der Waals surface area (Å²) in [4.78, 5) is 15.1. The maximum atomic E-state index is 12.7. The van der Waals surface area contributed by atoms with Crippen molar-refractivity contribution in [3.63, 3.8) is 0 Å². The number of nitrogens with one attached hydrogen (secondary N) is 1. The van der Waals surface area contributed by atoms with Crippen LogP contribution < -0.4 is 24.3 Å². The molecule has 7 heteroatoms. The van der Waals surface area contributed by atoms with Gasteiger partial charge in [0, 0.05) is 12.6 Å². The molecule has 2 aromatic rings. The van der Waals surface area contributed by atoms with Gasteiger partial charge in [-0.25, -0.2) is 0 Å². The highest BCUT2D eigenvalue weighted by Crippen LogP contribution is 2.31. The Kier molecular flexibility index (Phi) is 7.72. The Labute approximate surface area is 189 Å². The predicted molar refractivity (Wildman–Crippen MR) is 122 cm³/mol. The summed E-state index contributed by atoms with van der Waals surface area (Å²) in [5.41, 5.74) is 1.13. The summed E-state index contributed by atoms with van der Waals surface area (Å²) in [5.74, 6) is 3.08. The molecule has 1 amide bonds. The van der Waals surface area contributed by atoms with Crippen LogP contribution in [-0.4, -0.2) is 63.4 Å². The number of nitrogens with zero attached hydrogens (tertiary/aromatic N) is 1. The molecule has 2 aromatic carbocycles. The molecule has 1 N–H and O–H groups in total. The second-order valence-corrected chi connectivity index (χ2v) is 8.23. The maximum Gasteiger partial charge on any atom is 0.223 e. The molecule has 32 heavy (non-hydrogen) atoms. The molecule has 1 saturated heterocycles. The SMILES string of the molecule is COc1ccc(OCCC(=O)N[C@H](Cc2ccc3c(c2)OCCO3)CN2CCCC2)cc1. The number of hydrogen-bond donors (Lipinski definition) is 1. The Bertz CT molecular complexity index is 880. The van der Waals surface area contributed by atoms with E-state index in [1.807, 2.05) is 36.4 Å². The number of amides is 1. The number of methoxy groups -OCH3 is 1. The molecule has 0 saturated carbocycles. The second-order valence-electron chi connectivity index (χ2n) is 8.23. The molecular weight excluding hydrogens is 408 g/mol. The number of fused-ring (bicyclic) bond motifs is 1. The average molecular weight is 441 g/mol. The van der Waals surface area contributed by atoms with Crippen molar-refractivity contribution in [1.82, 2.24) is 10.2 Å². The van der Waals surface area contributed by atoms with E-state index in [1.165, 1.54) is 12.8 Å². The van der Waals surface area contributed by atoms with Crippen LogP contribution in [0.25, 0.3) is 0 Å². The molecule has 1 atom stereocenters. The molecule has 0 aliphatic carbocycles. The molecule has 7 nitrogen and oxygen atoms in total. The number of ether oxygens (including phenoxy) is 4. The number of hydrogen-bond acceptors (Lipinski definition) is 6. The van der Waals surface area contributed by atoms with Gasteiger partial charge in [0.2, 0.25) is 5.91 Å². The fourth-order valence-electron chi connectivity index (χ4n) is 4.17. The third-order valence-corrected chi connectivity index (χ3v) is 5.79. The van der Waals surface area contributed by atoms with Gasteiger partial charge in [-0.1, -0.05) is 6.07 Å². The zero-order valence-corrected chi connectivity index (χ0v) is 18.7. The van der Waals surface area contributed by atoms with E-state index in [0.29, 0.717) is 26.2 Å². The summed E-state index contributed by atoms with van der Waals surface area (Å²) in [5, 5.41) is 3.22. The lowest BCUT2D eigenvalue weighted by Gasteiger charge is -2.25. The standard InChI is InChI=1S/C25H32N2O5/c1-29-21-5-7-22(8-6-21)30-13-10-25(28)26-20(18-27-11-2-3-12-27)16-19-4-9-23-24(17-19)32-15-14-31-23/h4-9,17,20H,2-3,10-16,18H2,1H3,(H,26,28)/t20-/m1/s1. The van der Waals surface area contributed by atoms with Crippen LogP contribution in [-0.2, 0) is 11.2 Å². The van der Waals surface area contributed by atoms with E-state index in [0.717, 1.165) is 54.6 Å². The summed E-state index contributed by atoms with van der Waals surface area (Å²) in [6, 6.07) is 13.5. The summed E-state index contributed by atoms with van der Waals surface area (Å²) in [6.45, 7) is 4.51. The molecule has 2 aliphatic rings. The van der Waals surface area contributed by atoms with Crippen molar-refractivity contribution in [3.05, 3.63) is 48.0 Å². The van der Waals surface area contributed by atoms with Crippen molar-refractivity contribution >= 4 is 5.91 Å². The van der Waals surface area contributed by atoms with Crippen molar-refractivity contribution in [3.8, 4) is 23.0 Å². The third kappa shape index (κ3) is 6.29. The van der Waals surface area contributed by atoms with Crippen LogP contribution in [0.1, 0.15) is 24.8 Å². The lowest BCUT2D eigenvalue weighted by molar-refractivity contribution is -0.122. The quantitative estimate of drug-likeness (QED) is 0.613. The van der Waals surface area contributed by atoms with Crippen LogP contribution in [0.3, 0.4) is 0 Å². The third-order valence-electron chi connectivity index (χ3n) is 5.79. The van der Waals surface area contributed by atoms with Crippen molar-refractivity contribution in [2.75, 3.05) is 46.6 Å². The zero-order valence-electron chi connectivity index (χ0n) is 18.7. The molecule has 4 rings (SSSR count). The molecule has 2 aliphatic heterocycles.